The Bertz CT molecular complexity index is 743. The summed E-state index contributed by atoms with van der Waals surface area (Å²) in [5, 5.41) is 0. The molecule has 1 unspecified atom stereocenters. The van der Waals surface area contributed by atoms with Crippen molar-refractivity contribution in [2.45, 2.75) is 19.4 Å². The fraction of sp³-hybridized carbons (Fsp3) is 0.222. The van der Waals surface area contributed by atoms with E-state index < -0.39 is 12.0 Å². The lowest BCUT2D eigenvalue weighted by molar-refractivity contribution is -0.134. The van der Waals surface area contributed by atoms with E-state index in [0.717, 1.165) is 11.1 Å². The summed E-state index contributed by atoms with van der Waals surface area (Å²) in [5.41, 5.74) is 6.76. The average molecular weight is 326 g/mol. The summed E-state index contributed by atoms with van der Waals surface area (Å²) in [6, 6.07) is 14.8. The van der Waals surface area contributed by atoms with Crippen molar-refractivity contribution in [3.05, 3.63) is 59.7 Å². The van der Waals surface area contributed by atoms with E-state index in [9.17, 15) is 9.59 Å². The molecule has 6 heteroatoms. The van der Waals surface area contributed by atoms with E-state index in [1.54, 1.807) is 18.2 Å². The molecule has 2 aromatic carbocycles. The predicted molar refractivity (Wildman–Crippen MR) is 87.5 cm³/mol. The highest BCUT2D eigenvalue weighted by Gasteiger charge is 2.27. The molecule has 2 N–H and O–H groups in total. The van der Waals surface area contributed by atoms with E-state index in [0.29, 0.717) is 11.5 Å². The first-order chi connectivity index (χ1) is 11.6. The normalized spacial score (nSPS) is 15.5. The standard InChI is InChI=1S/C18H18N2O4/c1-12-6-8-13(9-7-12)10-17(21)19-20-18(22)16-11-23-14-4-2-3-5-15(14)24-16/h2-9,16H,10-11H2,1H3,(H,19,21)(H,20,22). The molecule has 2 amide bonds. The number of hydrogen-bond acceptors (Lipinski definition) is 4. The summed E-state index contributed by atoms with van der Waals surface area (Å²) < 4.78 is 11.0. The van der Waals surface area contributed by atoms with Gasteiger partial charge in [0.15, 0.2) is 11.5 Å². The van der Waals surface area contributed by atoms with Crippen LogP contribution < -0.4 is 20.3 Å². The highest BCUT2D eigenvalue weighted by Crippen LogP contribution is 2.30. The number of rotatable bonds is 3. The van der Waals surface area contributed by atoms with Gasteiger partial charge in [0.1, 0.15) is 6.61 Å². The molecule has 0 radical (unpaired) electrons. The Labute approximate surface area is 139 Å². The van der Waals surface area contributed by atoms with Gasteiger partial charge in [-0.3, -0.25) is 20.4 Å². The smallest absolute Gasteiger partial charge is 0.283 e. The van der Waals surface area contributed by atoms with Crippen LogP contribution >= 0.6 is 0 Å². The van der Waals surface area contributed by atoms with Crippen molar-refractivity contribution in [3.63, 3.8) is 0 Å². The van der Waals surface area contributed by atoms with E-state index in [4.69, 9.17) is 9.47 Å². The van der Waals surface area contributed by atoms with Gasteiger partial charge in [0, 0.05) is 0 Å². The number of fused-ring (bicyclic) bond motifs is 1. The zero-order valence-electron chi connectivity index (χ0n) is 13.2. The second kappa shape index (κ2) is 7.04. The van der Waals surface area contributed by atoms with Crippen LogP contribution in [0.2, 0.25) is 0 Å². The molecule has 6 nitrogen and oxygen atoms in total. The van der Waals surface area contributed by atoms with Crippen molar-refractivity contribution < 1.29 is 19.1 Å². The highest BCUT2D eigenvalue weighted by atomic mass is 16.6. The first-order valence-corrected chi connectivity index (χ1v) is 7.64. The molecular formula is C18H18N2O4. The van der Waals surface area contributed by atoms with Crippen LogP contribution in [-0.2, 0) is 16.0 Å². The number of amides is 2. The fourth-order valence-corrected chi connectivity index (χ4v) is 2.30. The monoisotopic (exact) mass is 326 g/mol. The number of hydrazine groups is 1. The van der Waals surface area contributed by atoms with Gasteiger partial charge in [0.05, 0.1) is 6.42 Å². The van der Waals surface area contributed by atoms with Crippen LogP contribution in [-0.4, -0.2) is 24.5 Å². The zero-order valence-corrected chi connectivity index (χ0v) is 13.2. The molecule has 1 atom stereocenters. The van der Waals surface area contributed by atoms with Gasteiger partial charge < -0.3 is 9.47 Å². The van der Waals surface area contributed by atoms with Crippen molar-refractivity contribution in [2.75, 3.05) is 6.61 Å². The summed E-state index contributed by atoms with van der Waals surface area (Å²) in [7, 11) is 0. The minimum atomic E-state index is -0.806. The van der Waals surface area contributed by atoms with Crippen LogP contribution in [0.15, 0.2) is 48.5 Å². The SMILES string of the molecule is Cc1ccc(CC(=O)NNC(=O)C2COc3ccccc3O2)cc1. The molecule has 0 aliphatic carbocycles. The Balaban J connectivity index is 1.49. The van der Waals surface area contributed by atoms with Crippen LogP contribution in [0.1, 0.15) is 11.1 Å². The topological polar surface area (TPSA) is 76.7 Å². The van der Waals surface area contributed by atoms with Crippen molar-refractivity contribution in [2.24, 2.45) is 0 Å². The van der Waals surface area contributed by atoms with E-state index in [2.05, 4.69) is 10.9 Å². The molecular weight excluding hydrogens is 308 g/mol. The van der Waals surface area contributed by atoms with Crippen LogP contribution in [0, 0.1) is 6.92 Å². The maximum Gasteiger partial charge on any atom is 0.283 e. The molecule has 0 spiro atoms. The van der Waals surface area contributed by atoms with Gasteiger partial charge in [-0.05, 0) is 24.6 Å². The third-order valence-corrected chi connectivity index (χ3v) is 3.61. The Kier molecular flexibility index (Phi) is 4.65. The lowest BCUT2D eigenvalue weighted by Gasteiger charge is -2.25. The summed E-state index contributed by atoms with van der Waals surface area (Å²) in [4.78, 5) is 24.0. The van der Waals surface area contributed by atoms with Crippen molar-refractivity contribution >= 4 is 11.8 Å². The minimum Gasteiger partial charge on any atom is -0.485 e. The summed E-state index contributed by atoms with van der Waals surface area (Å²) in [6.45, 7) is 2.07. The van der Waals surface area contributed by atoms with Crippen LogP contribution in [0.5, 0.6) is 11.5 Å². The molecule has 0 aromatic heterocycles. The third kappa shape index (κ3) is 3.84. The molecule has 124 valence electrons. The molecule has 1 heterocycles. The number of nitrogens with one attached hydrogen (secondary N) is 2. The quantitative estimate of drug-likeness (QED) is 0.839. The van der Waals surface area contributed by atoms with E-state index >= 15 is 0 Å². The second-order valence-electron chi connectivity index (χ2n) is 5.56. The first kappa shape index (κ1) is 15.9. The maximum absolute atomic E-state index is 12.1. The Morgan fingerprint density at radius 2 is 1.75 bits per heavy atom. The van der Waals surface area contributed by atoms with Gasteiger partial charge in [0.25, 0.3) is 5.91 Å². The summed E-state index contributed by atoms with van der Waals surface area (Å²) >= 11 is 0. The van der Waals surface area contributed by atoms with E-state index in [-0.39, 0.29) is 18.9 Å². The Hall–Kier alpha value is -3.02. The van der Waals surface area contributed by atoms with Gasteiger partial charge in [-0.25, -0.2) is 0 Å². The second-order valence-corrected chi connectivity index (χ2v) is 5.56. The lowest BCUT2D eigenvalue weighted by atomic mass is 10.1. The van der Waals surface area contributed by atoms with Crippen molar-refractivity contribution in [1.82, 2.24) is 10.9 Å². The number of hydrogen-bond donors (Lipinski definition) is 2. The van der Waals surface area contributed by atoms with Gasteiger partial charge in [-0.15, -0.1) is 0 Å². The lowest BCUT2D eigenvalue weighted by Crippen LogP contribution is -2.51. The predicted octanol–water partition coefficient (Wildman–Crippen LogP) is 1.52. The number of carbonyl (C=O) groups excluding carboxylic acids is 2. The summed E-state index contributed by atoms with van der Waals surface area (Å²) in [5.74, 6) is 0.353. The van der Waals surface area contributed by atoms with Gasteiger partial charge in [-0.1, -0.05) is 42.0 Å². The van der Waals surface area contributed by atoms with Crippen LogP contribution in [0.4, 0.5) is 0 Å². The average Bonchev–Trinajstić information content (AvgIpc) is 2.61. The van der Waals surface area contributed by atoms with Crippen LogP contribution in [0.25, 0.3) is 0 Å². The Morgan fingerprint density at radius 3 is 2.50 bits per heavy atom. The molecule has 0 saturated carbocycles. The maximum atomic E-state index is 12.1. The van der Waals surface area contributed by atoms with E-state index in [1.807, 2.05) is 37.3 Å². The fourth-order valence-electron chi connectivity index (χ4n) is 2.30. The molecule has 3 rings (SSSR count). The Morgan fingerprint density at radius 1 is 1.04 bits per heavy atom. The van der Waals surface area contributed by atoms with Crippen LogP contribution in [0.3, 0.4) is 0 Å². The largest absolute Gasteiger partial charge is 0.485 e. The molecule has 0 fully saturated rings. The first-order valence-electron chi connectivity index (χ1n) is 7.64. The van der Waals surface area contributed by atoms with Gasteiger partial charge in [0.2, 0.25) is 12.0 Å². The van der Waals surface area contributed by atoms with Crippen molar-refractivity contribution in [1.29, 1.82) is 0 Å². The number of aryl methyl sites for hydroxylation is 1. The number of carbonyl (C=O) groups is 2. The molecule has 1 aliphatic heterocycles. The van der Waals surface area contributed by atoms with Gasteiger partial charge >= 0.3 is 0 Å². The van der Waals surface area contributed by atoms with Crippen molar-refractivity contribution in [3.8, 4) is 11.5 Å². The number of para-hydroxylation sites is 2. The molecule has 0 bridgehead atoms. The number of ether oxygens (including phenoxy) is 2. The summed E-state index contributed by atoms with van der Waals surface area (Å²) in [6.07, 6.45) is -0.620. The molecule has 0 saturated heterocycles. The van der Waals surface area contributed by atoms with Gasteiger partial charge in [-0.2, -0.15) is 0 Å². The van der Waals surface area contributed by atoms with E-state index in [1.165, 1.54) is 0 Å². The molecule has 2 aromatic rings. The minimum absolute atomic E-state index is 0.0939. The molecule has 24 heavy (non-hydrogen) atoms. The number of benzene rings is 2. The zero-order chi connectivity index (χ0) is 16.9. The third-order valence-electron chi connectivity index (χ3n) is 3.61. The highest BCUT2D eigenvalue weighted by molar-refractivity contribution is 5.86. The molecule has 1 aliphatic rings.